The number of sulfonamides is 2. The van der Waals surface area contributed by atoms with Crippen LogP contribution in [0.15, 0.2) is 155 Å². The van der Waals surface area contributed by atoms with Gasteiger partial charge in [-0.25, -0.2) is 16.8 Å². The summed E-state index contributed by atoms with van der Waals surface area (Å²) in [5, 5.41) is 5.66. The maximum absolute atomic E-state index is 13.1. The van der Waals surface area contributed by atoms with Crippen molar-refractivity contribution < 1.29 is 35.9 Å². The quantitative estimate of drug-likeness (QED) is 0.0939. The molecule has 0 fully saturated rings. The van der Waals surface area contributed by atoms with Crippen molar-refractivity contribution in [2.45, 2.75) is 9.79 Å². The Labute approximate surface area is 312 Å². The van der Waals surface area contributed by atoms with Gasteiger partial charge in [-0.3, -0.25) is 19.0 Å². The topological polar surface area (TPSA) is 169 Å². The first-order valence-electron chi connectivity index (χ1n) is 16.3. The second kappa shape index (κ2) is 15.9. The van der Waals surface area contributed by atoms with Crippen LogP contribution in [0.25, 0.3) is 11.1 Å². The molecule has 0 heterocycles. The fourth-order valence-corrected chi connectivity index (χ4v) is 7.50. The molecule has 4 N–H and O–H groups in total. The summed E-state index contributed by atoms with van der Waals surface area (Å²) in [7, 11) is -4.60. The number of rotatable bonds is 13. The van der Waals surface area contributed by atoms with Gasteiger partial charge < -0.3 is 20.1 Å². The maximum Gasteiger partial charge on any atom is 0.261 e. The monoisotopic (exact) mass is 762 g/mol. The molecule has 0 aliphatic heterocycles. The normalized spacial score (nSPS) is 11.2. The summed E-state index contributed by atoms with van der Waals surface area (Å²) in [6.45, 7) is 0. The first-order valence-corrected chi connectivity index (χ1v) is 19.3. The average molecular weight is 763 g/mol. The van der Waals surface area contributed by atoms with E-state index >= 15 is 0 Å². The van der Waals surface area contributed by atoms with Gasteiger partial charge in [-0.05, 0) is 108 Å². The minimum Gasteiger partial charge on any atom is -0.495 e. The number of ether oxygens (including phenoxy) is 2. The maximum atomic E-state index is 13.1. The summed E-state index contributed by atoms with van der Waals surface area (Å²) >= 11 is 0. The molecule has 0 aromatic heterocycles. The number of nitrogens with one attached hydrogen (secondary N) is 4. The molecule has 12 nitrogen and oxygen atoms in total. The minimum atomic E-state index is -3.78. The van der Waals surface area contributed by atoms with E-state index in [1.54, 1.807) is 72.8 Å². The van der Waals surface area contributed by atoms with E-state index in [4.69, 9.17) is 9.47 Å². The Bertz CT molecular complexity index is 2340. The predicted molar refractivity (Wildman–Crippen MR) is 208 cm³/mol. The fourth-order valence-electron chi connectivity index (χ4n) is 5.34. The van der Waals surface area contributed by atoms with Crippen LogP contribution < -0.4 is 29.6 Å². The molecule has 0 aliphatic carbocycles. The Morgan fingerprint density at radius 2 is 0.815 bits per heavy atom. The number of carbonyl (C=O) groups is 2. The van der Waals surface area contributed by atoms with Crippen LogP contribution in [0.2, 0.25) is 0 Å². The highest BCUT2D eigenvalue weighted by Crippen LogP contribution is 2.35. The molecule has 54 heavy (non-hydrogen) atoms. The number of hydrogen-bond acceptors (Lipinski definition) is 8. The number of anilines is 4. The second-order valence-corrected chi connectivity index (χ2v) is 15.1. The van der Waals surface area contributed by atoms with E-state index in [1.807, 2.05) is 0 Å². The van der Waals surface area contributed by atoms with Crippen LogP contribution in [0.3, 0.4) is 0 Å². The van der Waals surface area contributed by atoms with Crippen LogP contribution in [0.4, 0.5) is 22.7 Å². The molecule has 6 aromatic carbocycles. The van der Waals surface area contributed by atoms with Crippen molar-refractivity contribution in [1.82, 2.24) is 0 Å². The number of carbonyl (C=O) groups excluding carboxylic acids is 2. The first kappa shape index (κ1) is 37.1. The SMILES string of the molecule is COc1cc(-c2ccc(NC(=O)c3ccc(NS(=O)(=O)c4ccccc4)cc3)c(OC)c2)ccc1NC(=O)c1ccc(NS(=O)(=O)c2ccccc2)cc1. The lowest BCUT2D eigenvalue weighted by Crippen LogP contribution is -2.14. The zero-order valence-corrected chi connectivity index (χ0v) is 30.6. The summed E-state index contributed by atoms with van der Waals surface area (Å²) in [6, 6.07) is 38.5. The van der Waals surface area contributed by atoms with Crippen LogP contribution in [0, 0.1) is 0 Å². The molecule has 0 saturated heterocycles. The van der Waals surface area contributed by atoms with Crippen LogP contribution in [0.5, 0.6) is 11.5 Å². The molecule has 6 rings (SSSR count). The largest absolute Gasteiger partial charge is 0.495 e. The number of amides is 2. The van der Waals surface area contributed by atoms with Crippen molar-refractivity contribution in [3.63, 3.8) is 0 Å². The fraction of sp³-hybridized carbons (Fsp3) is 0.0500. The number of methoxy groups -OCH3 is 2. The van der Waals surface area contributed by atoms with Crippen molar-refractivity contribution in [2.75, 3.05) is 34.3 Å². The highest BCUT2D eigenvalue weighted by atomic mass is 32.2. The van der Waals surface area contributed by atoms with E-state index in [1.165, 1.54) is 87.0 Å². The van der Waals surface area contributed by atoms with E-state index in [2.05, 4.69) is 20.1 Å². The van der Waals surface area contributed by atoms with E-state index in [0.29, 0.717) is 45.4 Å². The van der Waals surface area contributed by atoms with Crippen molar-refractivity contribution in [3.8, 4) is 22.6 Å². The van der Waals surface area contributed by atoms with Crippen molar-refractivity contribution in [3.05, 3.63) is 157 Å². The highest BCUT2D eigenvalue weighted by Gasteiger charge is 2.18. The molecule has 2 amide bonds. The van der Waals surface area contributed by atoms with Crippen LogP contribution in [-0.4, -0.2) is 42.9 Å². The van der Waals surface area contributed by atoms with Gasteiger partial charge in [0.05, 0.1) is 35.4 Å². The molecule has 14 heteroatoms. The summed E-state index contributed by atoms with van der Waals surface area (Å²) in [6.07, 6.45) is 0. The van der Waals surface area contributed by atoms with Gasteiger partial charge in [-0.2, -0.15) is 0 Å². The summed E-state index contributed by atoms with van der Waals surface area (Å²) in [5.74, 6) is -0.0790. The molecule has 0 saturated carbocycles. The lowest BCUT2D eigenvalue weighted by atomic mass is 10.0. The molecular weight excluding hydrogens is 729 g/mol. The zero-order valence-electron chi connectivity index (χ0n) is 28.9. The van der Waals surface area contributed by atoms with E-state index in [9.17, 15) is 26.4 Å². The van der Waals surface area contributed by atoms with Gasteiger partial charge in [0, 0.05) is 22.5 Å². The zero-order chi connectivity index (χ0) is 38.3. The first-order chi connectivity index (χ1) is 26.0. The Morgan fingerprint density at radius 3 is 1.15 bits per heavy atom. The lowest BCUT2D eigenvalue weighted by molar-refractivity contribution is 0.101. The third-order valence-corrected chi connectivity index (χ3v) is 10.9. The van der Waals surface area contributed by atoms with Gasteiger partial charge in [0.1, 0.15) is 11.5 Å². The third-order valence-electron chi connectivity index (χ3n) is 8.14. The van der Waals surface area contributed by atoms with Crippen LogP contribution in [0.1, 0.15) is 20.7 Å². The van der Waals surface area contributed by atoms with Crippen LogP contribution in [-0.2, 0) is 20.0 Å². The molecule has 0 spiro atoms. The standard InChI is InChI=1S/C40H34N4O8S2/c1-51-37-25-29(17-23-35(37)41-39(45)27-13-19-31(20-14-27)43-53(47,48)33-9-5-3-6-10-33)30-18-24-36(38(26-30)52-2)42-40(46)28-15-21-32(22-16-28)44-54(49,50)34-11-7-4-8-12-34/h3-26,43-44H,1-2H3,(H,41,45)(H,42,46). The van der Waals surface area contributed by atoms with E-state index < -0.39 is 31.9 Å². The van der Waals surface area contributed by atoms with Gasteiger partial charge in [-0.1, -0.05) is 48.5 Å². The van der Waals surface area contributed by atoms with E-state index in [-0.39, 0.29) is 9.79 Å². The molecule has 6 aromatic rings. The molecular formula is C40H34N4O8S2. The summed E-state index contributed by atoms with van der Waals surface area (Å²) in [5.41, 5.74) is 3.52. The third kappa shape index (κ3) is 8.69. The summed E-state index contributed by atoms with van der Waals surface area (Å²) < 4.78 is 66.7. The highest BCUT2D eigenvalue weighted by molar-refractivity contribution is 7.93. The Morgan fingerprint density at radius 1 is 0.463 bits per heavy atom. The Kier molecular flexibility index (Phi) is 11.0. The molecule has 0 unspecified atom stereocenters. The van der Waals surface area contributed by atoms with Gasteiger partial charge >= 0.3 is 0 Å². The van der Waals surface area contributed by atoms with Gasteiger partial charge in [0.25, 0.3) is 31.9 Å². The molecule has 0 atom stereocenters. The number of benzene rings is 6. The average Bonchev–Trinajstić information content (AvgIpc) is 3.19. The van der Waals surface area contributed by atoms with Gasteiger partial charge in [-0.15, -0.1) is 0 Å². The molecule has 0 bridgehead atoms. The smallest absolute Gasteiger partial charge is 0.261 e. The van der Waals surface area contributed by atoms with Crippen molar-refractivity contribution in [2.24, 2.45) is 0 Å². The molecule has 0 radical (unpaired) electrons. The van der Waals surface area contributed by atoms with E-state index in [0.717, 1.165) is 11.1 Å². The van der Waals surface area contributed by atoms with Crippen molar-refractivity contribution >= 4 is 54.6 Å². The second-order valence-electron chi connectivity index (χ2n) is 11.7. The van der Waals surface area contributed by atoms with Crippen LogP contribution >= 0.6 is 0 Å². The summed E-state index contributed by atoms with van der Waals surface area (Å²) in [4.78, 5) is 26.5. The molecule has 274 valence electrons. The number of hydrogen-bond donors (Lipinski definition) is 4. The van der Waals surface area contributed by atoms with Gasteiger partial charge in [0.15, 0.2) is 0 Å². The minimum absolute atomic E-state index is 0.123. The Balaban J connectivity index is 1.10. The predicted octanol–water partition coefficient (Wildman–Crippen LogP) is 7.48. The van der Waals surface area contributed by atoms with Crippen molar-refractivity contribution in [1.29, 1.82) is 0 Å². The lowest BCUT2D eigenvalue weighted by Gasteiger charge is -2.15. The Hall–Kier alpha value is -6.64. The van der Waals surface area contributed by atoms with Gasteiger partial charge in [0.2, 0.25) is 0 Å². The molecule has 0 aliphatic rings.